The fourth-order valence-electron chi connectivity index (χ4n) is 2.23. The summed E-state index contributed by atoms with van der Waals surface area (Å²) in [6.45, 7) is 2.11. The molecule has 2 heterocycles. The van der Waals surface area contributed by atoms with E-state index in [2.05, 4.69) is 15.2 Å². The number of thioether (sulfide) groups is 1. The Hall–Kier alpha value is -1.75. The van der Waals surface area contributed by atoms with Crippen LogP contribution in [-0.2, 0) is 0 Å². The minimum absolute atomic E-state index is 0.783. The molecule has 1 aromatic heterocycles. The van der Waals surface area contributed by atoms with Crippen LogP contribution >= 0.6 is 11.8 Å². The number of anilines is 2. The molecule has 1 aliphatic rings. The Morgan fingerprint density at radius 2 is 1.85 bits per heavy atom. The van der Waals surface area contributed by atoms with E-state index in [9.17, 15) is 0 Å². The van der Waals surface area contributed by atoms with Crippen molar-refractivity contribution in [3.05, 3.63) is 36.4 Å². The highest BCUT2D eigenvalue weighted by molar-refractivity contribution is 7.99. The van der Waals surface area contributed by atoms with Crippen LogP contribution in [0.1, 0.15) is 0 Å². The molecule has 1 N–H and O–H groups in total. The van der Waals surface area contributed by atoms with Gasteiger partial charge in [-0.1, -0.05) is 30.3 Å². The van der Waals surface area contributed by atoms with Gasteiger partial charge in [0.1, 0.15) is 11.6 Å². The Labute approximate surface area is 123 Å². The third-order valence-corrected chi connectivity index (χ3v) is 4.28. The van der Waals surface area contributed by atoms with E-state index in [-0.39, 0.29) is 0 Å². The van der Waals surface area contributed by atoms with Crippen molar-refractivity contribution >= 4 is 23.4 Å². The lowest BCUT2D eigenvalue weighted by Gasteiger charge is -2.27. The third kappa shape index (κ3) is 2.88. The van der Waals surface area contributed by atoms with E-state index in [1.54, 1.807) is 0 Å². The number of benzene rings is 1. The Kier molecular flexibility index (Phi) is 4.06. The van der Waals surface area contributed by atoms with Crippen molar-refractivity contribution in [3.63, 3.8) is 0 Å². The lowest BCUT2D eigenvalue weighted by atomic mass is 10.2. The molecule has 20 heavy (non-hydrogen) atoms. The molecular formula is C15H18N4S. The molecule has 0 unspecified atom stereocenters. The normalized spacial score (nSPS) is 15.2. The van der Waals surface area contributed by atoms with Crippen LogP contribution in [-0.4, -0.2) is 41.6 Å². The Bertz CT molecular complexity index is 567. The van der Waals surface area contributed by atoms with Crippen LogP contribution in [0.4, 0.5) is 11.6 Å². The highest BCUT2D eigenvalue weighted by atomic mass is 32.2. The summed E-state index contributed by atoms with van der Waals surface area (Å²) in [4.78, 5) is 11.6. The van der Waals surface area contributed by atoms with Gasteiger partial charge in [-0.2, -0.15) is 11.8 Å². The summed E-state index contributed by atoms with van der Waals surface area (Å²) < 4.78 is 0. The third-order valence-electron chi connectivity index (χ3n) is 3.34. The molecule has 0 amide bonds. The summed E-state index contributed by atoms with van der Waals surface area (Å²) in [7, 11) is 1.90. The topological polar surface area (TPSA) is 41.0 Å². The number of aromatic nitrogens is 2. The average molecular weight is 286 g/mol. The fraction of sp³-hybridized carbons (Fsp3) is 0.333. The zero-order chi connectivity index (χ0) is 13.8. The Balaban J connectivity index is 1.98. The fourth-order valence-corrected chi connectivity index (χ4v) is 3.14. The first-order valence-corrected chi connectivity index (χ1v) is 7.97. The predicted molar refractivity (Wildman–Crippen MR) is 86.6 cm³/mol. The van der Waals surface area contributed by atoms with E-state index in [1.165, 1.54) is 11.5 Å². The maximum absolute atomic E-state index is 4.74. The lowest BCUT2D eigenvalue weighted by Crippen LogP contribution is -2.33. The van der Waals surface area contributed by atoms with Gasteiger partial charge in [0.2, 0.25) is 0 Å². The van der Waals surface area contributed by atoms with Crippen molar-refractivity contribution in [2.75, 3.05) is 41.9 Å². The molecule has 104 valence electrons. The molecule has 0 atom stereocenters. The van der Waals surface area contributed by atoms with Crippen molar-refractivity contribution in [2.45, 2.75) is 0 Å². The van der Waals surface area contributed by atoms with E-state index >= 15 is 0 Å². The number of hydrogen-bond acceptors (Lipinski definition) is 5. The molecule has 2 aromatic rings. The summed E-state index contributed by atoms with van der Waals surface area (Å²) in [6, 6.07) is 12.2. The predicted octanol–water partition coefficient (Wildman–Crippen LogP) is 2.74. The zero-order valence-corrected chi connectivity index (χ0v) is 12.4. The van der Waals surface area contributed by atoms with Gasteiger partial charge in [0.25, 0.3) is 0 Å². The first-order chi connectivity index (χ1) is 9.86. The molecule has 1 aromatic carbocycles. The van der Waals surface area contributed by atoms with Gasteiger partial charge in [-0.25, -0.2) is 9.97 Å². The molecular weight excluding hydrogens is 268 g/mol. The van der Waals surface area contributed by atoms with Gasteiger partial charge in [-0.05, 0) is 0 Å². The largest absolute Gasteiger partial charge is 0.373 e. The van der Waals surface area contributed by atoms with E-state index in [0.29, 0.717) is 0 Å². The molecule has 5 heteroatoms. The Morgan fingerprint density at radius 1 is 1.10 bits per heavy atom. The second kappa shape index (κ2) is 6.13. The summed E-state index contributed by atoms with van der Waals surface area (Å²) >= 11 is 2.00. The van der Waals surface area contributed by atoms with Crippen molar-refractivity contribution in [3.8, 4) is 11.4 Å². The van der Waals surface area contributed by atoms with E-state index in [4.69, 9.17) is 4.98 Å². The smallest absolute Gasteiger partial charge is 0.163 e. The number of nitrogens with one attached hydrogen (secondary N) is 1. The first kappa shape index (κ1) is 13.2. The van der Waals surface area contributed by atoms with E-state index < -0.39 is 0 Å². The van der Waals surface area contributed by atoms with Crippen LogP contribution < -0.4 is 10.2 Å². The monoisotopic (exact) mass is 286 g/mol. The van der Waals surface area contributed by atoms with Gasteiger partial charge in [0.05, 0.1) is 0 Å². The SMILES string of the molecule is CNc1cc(N2CCSCC2)nc(-c2ccccc2)n1. The van der Waals surface area contributed by atoms with Crippen LogP contribution in [0, 0.1) is 0 Å². The van der Waals surface area contributed by atoms with Crippen LogP contribution in [0.2, 0.25) is 0 Å². The zero-order valence-electron chi connectivity index (χ0n) is 11.5. The molecule has 0 spiro atoms. The quantitative estimate of drug-likeness (QED) is 0.939. The van der Waals surface area contributed by atoms with Crippen molar-refractivity contribution in [2.24, 2.45) is 0 Å². The number of hydrogen-bond donors (Lipinski definition) is 1. The van der Waals surface area contributed by atoms with Gasteiger partial charge in [-0.3, -0.25) is 0 Å². The highest BCUT2D eigenvalue weighted by Crippen LogP contribution is 2.24. The molecule has 0 radical (unpaired) electrons. The molecule has 0 saturated carbocycles. The van der Waals surface area contributed by atoms with Crippen LogP contribution in [0.3, 0.4) is 0 Å². The highest BCUT2D eigenvalue weighted by Gasteiger charge is 2.15. The molecule has 0 aliphatic carbocycles. The first-order valence-electron chi connectivity index (χ1n) is 6.82. The van der Waals surface area contributed by atoms with Crippen molar-refractivity contribution in [1.29, 1.82) is 0 Å². The standard InChI is InChI=1S/C15H18N4S/c1-16-13-11-14(19-7-9-20-10-8-19)18-15(17-13)12-5-3-2-4-6-12/h2-6,11H,7-10H2,1H3,(H,16,17,18). The summed E-state index contributed by atoms with van der Waals surface area (Å²) in [5.41, 5.74) is 1.05. The van der Waals surface area contributed by atoms with Gasteiger partial charge < -0.3 is 10.2 Å². The van der Waals surface area contributed by atoms with E-state index in [1.807, 2.05) is 55.2 Å². The second-order valence-electron chi connectivity index (χ2n) is 4.65. The van der Waals surface area contributed by atoms with Crippen molar-refractivity contribution < 1.29 is 0 Å². The molecule has 1 fully saturated rings. The number of rotatable bonds is 3. The summed E-state index contributed by atoms with van der Waals surface area (Å²) in [5, 5.41) is 3.13. The maximum atomic E-state index is 4.74. The maximum Gasteiger partial charge on any atom is 0.163 e. The second-order valence-corrected chi connectivity index (χ2v) is 5.88. The molecule has 1 saturated heterocycles. The van der Waals surface area contributed by atoms with Gasteiger partial charge >= 0.3 is 0 Å². The average Bonchev–Trinajstić information content (AvgIpc) is 2.56. The van der Waals surface area contributed by atoms with E-state index in [0.717, 1.165) is 36.1 Å². The van der Waals surface area contributed by atoms with Crippen LogP contribution in [0.5, 0.6) is 0 Å². The van der Waals surface area contributed by atoms with Gasteiger partial charge in [0.15, 0.2) is 5.82 Å². The Morgan fingerprint density at radius 3 is 2.55 bits per heavy atom. The molecule has 1 aliphatic heterocycles. The summed E-state index contributed by atoms with van der Waals surface area (Å²) in [5.74, 6) is 5.00. The van der Waals surface area contributed by atoms with Crippen molar-refractivity contribution in [1.82, 2.24) is 9.97 Å². The van der Waals surface area contributed by atoms with Crippen LogP contribution in [0.25, 0.3) is 11.4 Å². The molecule has 4 nitrogen and oxygen atoms in total. The number of nitrogens with zero attached hydrogens (tertiary/aromatic N) is 3. The summed E-state index contributed by atoms with van der Waals surface area (Å²) in [6.07, 6.45) is 0. The minimum atomic E-state index is 0.783. The molecule has 0 bridgehead atoms. The minimum Gasteiger partial charge on any atom is -0.373 e. The molecule has 3 rings (SSSR count). The van der Waals surface area contributed by atoms with Gasteiger partial charge in [0, 0.05) is 43.3 Å². The lowest BCUT2D eigenvalue weighted by molar-refractivity contribution is 0.837. The van der Waals surface area contributed by atoms with Crippen LogP contribution in [0.15, 0.2) is 36.4 Å². The van der Waals surface area contributed by atoms with Gasteiger partial charge in [-0.15, -0.1) is 0 Å².